The van der Waals surface area contributed by atoms with Crippen LogP contribution in [0.25, 0.3) is 0 Å². The van der Waals surface area contributed by atoms with Crippen molar-refractivity contribution in [1.29, 1.82) is 0 Å². The van der Waals surface area contributed by atoms with Crippen molar-refractivity contribution in [1.82, 2.24) is 0 Å². The molecule has 0 spiro atoms. The van der Waals surface area contributed by atoms with E-state index in [1.54, 1.807) is 0 Å². The van der Waals surface area contributed by atoms with Gasteiger partial charge in [0.05, 0.1) is 7.11 Å². The van der Waals surface area contributed by atoms with Gasteiger partial charge in [-0.2, -0.15) is 9.78 Å². The van der Waals surface area contributed by atoms with Crippen LogP contribution in [0.15, 0.2) is 12.2 Å². The summed E-state index contributed by atoms with van der Waals surface area (Å²) in [7, 11) is 1.49. The van der Waals surface area contributed by atoms with E-state index in [-0.39, 0.29) is 0 Å². The number of unbranched alkanes of at least 4 members (excludes halogenated alkanes) is 2. The van der Waals surface area contributed by atoms with E-state index in [9.17, 15) is 0 Å². The van der Waals surface area contributed by atoms with E-state index in [0.717, 1.165) is 44.1 Å². The summed E-state index contributed by atoms with van der Waals surface area (Å²) >= 11 is 0. The van der Waals surface area contributed by atoms with Gasteiger partial charge in [-0.25, -0.2) is 9.78 Å². The van der Waals surface area contributed by atoms with Gasteiger partial charge in [-0.05, 0) is 19.8 Å². The van der Waals surface area contributed by atoms with Gasteiger partial charge in [0.2, 0.25) is 5.79 Å². The molecule has 0 unspecified atom stereocenters. The average Bonchev–Trinajstić information content (AvgIpc) is 2.33. The van der Waals surface area contributed by atoms with E-state index in [2.05, 4.69) is 20.4 Å². The van der Waals surface area contributed by atoms with Crippen LogP contribution in [0.1, 0.15) is 59.3 Å². The Morgan fingerprint density at radius 3 is 2.00 bits per heavy atom. The predicted octanol–water partition coefficient (Wildman–Crippen LogP) is 4.17. The van der Waals surface area contributed by atoms with E-state index in [4.69, 9.17) is 19.6 Å². The van der Waals surface area contributed by atoms with Crippen LogP contribution >= 0.6 is 0 Å². The zero-order chi connectivity index (χ0) is 13.9. The zero-order valence-corrected chi connectivity index (χ0v) is 12.3. The first-order chi connectivity index (χ1) is 8.60. The molecule has 0 aromatic heterocycles. The lowest BCUT2D eigenvalue weighted by atomic mass is 10.0. The molecular weight excluding hydrogens is 232 g/mol. The largest absolute Gasteiger partial charge is 0.237 e. The van der Waals surface area contributed by atoms with Crippen LogP contribution in [0.4, 0.5) is 0 Å². The highest BCUT2D eigenvalue weighted by Gasteiger charge is 2.34. The van der Waals surface area contributed by atoms with Gasteiger partial charge < -0.3 is 0 Å². The van der Waals surface area contributed by atoms with Crippen LogP contribution in [0.5, 0.6) is 0 Å². The number of hydrogen-bond donors (Lipinski definition) is 0. The van der Waals surface area contributed by atoms with Crippen LogP contribution in [0.2, 0.25) is 0 Å². The maximum absolute atomic E-state index is 5.48. The molecule has 18 heavy (non-hydrogen) atoms. The summed E-state index contributed by atoms with van der Waals surface area (Å²) in [5.41, 5.74) is 0.910. The SMILES string of the molecule is C=C(C)COOC(CCCC)(CCCC)OOC. The molecule has 0 fully saturated rings. The van der Waals surface area contributed by atoms with Crippen molar-refractivity contribution in [2.75, 3.05) is 13.7 Å². The predicted molar refractivity (Wildman–Crippen MR) is 71.7 cm³/mol. The molecule has 0 amide bonds. The van der Waals surface area contributed by atoms with Crippen molar-refractivity contribution in [3.05, 3.63) is 12.2 Å². The van der Waals surface area contributed by atoms with Gasteiger partial charge >= 0.3 is 0 Å². The quantitative estimate of drug-likeness (QED) is 0.228. The number of rotatable bonds is 12. The molecule has 0 saturated carbocycles. The maximum atomic E-state index is 5.48. The van der Waals surface area contributed by atoms with Crippen LogP contribution < -0.4 is 0 Å². The average molecular weight is 260 g/mol. The standard InChI is InChI=1S/C14H28O4/c1-6-8-10-14(17-15-5,11-9-7-2)18-16-12-13(3)4/h3,6-12H2,1-2,4-5H3. The fraction of sp³-hybridized carbons (Fsp3) is 0.857. The first kappa shape index (κ1) is 17.6. The lowest BCUT2D eigenvalue weighted by molar-refractivity contribution is -0.507. The molecule has 0 atom stereocenters. The second kappa shape index (κ2) is 10.5. The van der Waals surface area contributed by atoms with Crippen LogP contribution in [0, 0.1) is 0 Å². The fourth-order valence-electron chi connectivity index (χ4n) is 1.59. The maximum Gasteiger partial charge on any atom is 0.233 e. The van der Waals surface area contributed by atoms with Crippen LogP contribution in [0.3, 0.4) is 0 Å². The van der Waals surface area contributed by atoms with E-state index >= 15 is 0 Å². The third-order valence-electron chi connectivity index (χ3n) is 2.57. The Morgan fingerprint density at radius 2 is 1.61 bits per heavy atom. The van der Waals surface area contributed by atoms with Crippen molar-refractivity contribution in [3.63, 3.8) is 0 Å². The third kappa shape index (κ3) is 7.82. The van der Waals surface area contributed by atoms with E-state index in [1.807, 2.05) is 6.92 Å². The van der Waals surface area contributed by atoms with Crippen molar-refractivity contribution < 1.29 is 19.6 Å². The van der Waals surface area contributed by atoms with E-state index < -0.39 is 5.79 Å². The van der Waals surface area contributed by atoms with Gasteiger partial charge in [0.25, 0.3) is 0 Å². The third-order valence-corrected chi connectivity index (χ3v) is 2.57. The van der Waals surface area contributed by atoms with E-state index in [1.165, 1.54) is 7.11 Å². The van der Waals surface area contributed by atoms with Gasteiger partial charge in [0.15, 0.2) is 0 Å². The van der Waals surface area contributed by atoms with Gasteiger partial charge in [0, 0.05) is 12.8 Å². The molecule has 0 rings (SSSR count). The summed E-state index contributed by atoms with van der Waals surface area (Å²) in [4.78, 5) is 20.9. The van der Waals surface area contributed by atoms with Crippen LogP contribution in [-0.2, 0) is 19.6 Å². The Morgan fingerprint density at radius 1 is 1.06 bits per heavy atom. The Hall–Kier alpha value is -0.420. The Bertz CT molecular complexity index is 208. The van der Waals surface area contributed by atoms with Crippen molar-refractivity contribution in [2.24, 2.45) is 0 Å². The van der Waals surface area contributed by atoms with Gasteiger partial charge in [0.1, 0.15) is 6.61 Å². The van der Waals surface area contributed by atoms with Crippen molar-refractivity contribution in [2.45, 2.75) is 65.1 Å². The monoisotopic (exact) mass is 260 g/mol. The Labute approximate surface area is 111 Å². The second-order valence-electron chi connectivity index (χ2n) is 4.67. The first-order valence-corrected chi connectivity index (χ1v) is 6.77. The molecule has 108 valence electrons. The Balaban J connectivity index is 4.42. The summed E-state index contributed by atoms with van der Waals surface area (Å²) < 4.78 is 0. The lowest BCUT2D eigenvalue weighted by Gasteiger charge is -2.30. The molecule has 0 saturated heterocycles. The van der Waals surface area contributed by atoms with Gasteiger partial charge in [-0.1, -0.05) is 38.8 Å². The molecule has 0 N–H and O–H groups in total. The zero-order valence-electron chi connectivity index (χ0n) is 12.3. The molecular formula is C14H28O4. The second-order valence-corrected chi connectivity index (χ2v) is 4.67. The van der Waals surface area contributed by atoms with Gasteiger partial charge in [-0.3, -0.25) is 0 Å². The smallest absolute Gasteiger partial charge is 0.233 e. The van der Waals surface area contributed by atoms with Crippen molar-refractivity contribution >= 4 is 0 Å². The fourth-order valence-corrected chi connectivity index (χ4v) is 1.59. The minimum Gasteiger partial charge on any atom is -0.237 e. The molecule has 4 nitrogen and oxygen atoms in total. The summed E-state index contributed by atoms with van der Waals surface area (Å²) in [5.74, 6) is -0.795. The highest BCUT2D eigenvalue weighted by Crippen LogP contribution is 2.28. The normalized spacial score (nSPS) is 11.8. The molecule has 0 radical (unpaired) electrons. The summed E-state index contributed by atoms with van der Waals surface area (Å²) in [5, 5.41) is 0. The molecule has 0 bridgehead atoms. The molecule has 0 heterocycles. The lowest BCUT2D eigenvalue weighted by Crippen LogP contribution is -2.36. The highest BCUT2D eigenvalue weighted by atomic mass is 17.3. The summed E-state index contributed by atoms with van der Waals surface area (Å²) in [6.07, 6.45) is 5.67. The summed E-state index contributed by atoms with van der Waals surface area (Å²) in [6, 6.07) is 0. The topological polar surface area (TPSA) is 36.9 Å². The first-order valence-electron chi connectivity index (χ1n) is 6.77. The van der Waals surface area contributed by atoms with E-state index in [0.29, 0.717) is 6.61 Å². The van der Waals surface area contributed by atoms with Crippen LogP contribution in [-0.4, -0.2) is 19.5 Å². The molecule has 0 aliphatic rings. The molecule has 0 aromatic rings. The molecule has 4 heteroatoms. The minimum atomic E-state index is -0.795. The summed E-state index contributed by atoms with van der Waals surface area (Å²) in [6.45, 7) is 10.3. The number of hydrogen-bond acceptors (Lipinski definition) is 4. The minimum absolute atomic E-state index is 0.368. The highest BCUT2D eigenvalue weighted by molar-refractivity contribution is 4.86. The molecule has 0 aromatic carbocycles. The van der Waals surface area contributed by atoms with Crippen molar-refractivity contribution in [3.8, 4) is 0 Å². The van der Waals surface area contributed by atoms with Gasteiger partial charge in [-0.15, -0.1) is 0 Å². The molecule has 0 aliphatic heterocycles. The Kier molecular flexibility index (Phi) is 10.3. The molecule has 0 aliphatic carbocycles.